The van der Waals surface area contributed by atoms with E-state index in [0.29, 0.717) is 19.3 Å². The van der Waals surface area contributed by atoms with E-state index >= 15 is 0 Å². The number of ether oxygens (including phenoxy) is 3. The second-order valence-electron chi connectivity index (χ2n) is 21.6. The molecule has 0 heterocycles. The van der Waals surface area contributed by atoms with Crippen molar-refractivity contribution < 1.29 is 28.6 Å². The highest BCUT2D eigenvalue weighted by molar-refractivity contribution is 5.71. The molecule has 6 heteroatoms. The summed E-state index contributed by atoms with van der Waals surface area (Å²) >= 11 is 0. The van der Waals surface area contributed by atoms with Gasteiger partial charge in [0.25, 0.3) is 0 Å². The molecular formula is C69H122O6. The molecule has 0 aliphatic carbocycles. The summed E-state index contributed by atoms with van der Waals surface area (Å²) in [5.41, 5.74) is 0. The smallest absolute Gasteiger partial charge is 0.306 e. The monoisotopic (exact) mass is 1050 g/mol. The van der Waals surface area contributed by atoms with Crippen LogP contribution in [-0.2, 0) is 28.6 Å². The highest BCUT2D eigenvalue weighted by atomic mass is 16.6. The number of hydrogen-bond acceptors (Lipinski definition) is 6. The summed E-state index contributed by atoms with van der Waals surface area (Å²) in [5.74, 6) is -0.881. The molecule has 0 aliphatic heterocycles. The maximum Gasteiger partial charge on any atom is 0.306 e. The van der Waals surface area contributed by atoms with Crippen LogP contribution in [0.1, 0.15) is 329 Å². The Morgan fingerprint density at radius 1 is 0.280 bits per heavy atom. The summed E-state index contributed by atoms with van der Waals surface area (Å²) in [5, 5.41) is 0. The van der Waals surface area contributed by atoms with Gasteiger partial charge in [0, 0.05) is 19.3 Å². The molecule has 0 saturated carbocycles. The summed E-state index contributed by atoms with van der Waals surface area (Å²) in [7, 11) is 0. The molecule has 0 aromatic rings. The third-order valence-corrected chi connectivity index (χ3v) is 14.2. The molecule has 0 saturated heterocycles. The second-order valence-corrected chi connectivity index (χ2v) is 21.6. The van der Waals surface area contributed by atoms with E-state index in [9.17, 15) is 14.4 Å². The number of esters is 3. The zero-order valence-electron chi connectivity index (χ0n) is 49.8. The highest BCUT2D eigenvalue weighted by Gasteiger charge is 2.19. The third-order valence-electron chi connectivity index (χ3n) is 14.2. The Morgan fingerprint density at radius 2 is 0.520 bits per heavy atom. The van der Waals surface area contributed by atoms with Gasteiger partial charge >= 0.3 is 17.9 Å². The summed E-state index contributed by atoms with van der Waals surface area (Å²) < 4.78 is 16.9. The lowest BCUT2D eigenvalue weighted by atomic mass is 10.1. The predicted octanol–water partition coefficient (Wildman–Crippen LogP) is 22.1. The number of carbonyl (C=O) groups is 3. The minimum absolute atomic E-state index is 0.0799. The Kier molecular flexibility index (Phi) is 60.7. The Bertz CT molecular complexity index is 1390. The Balaban J connectivity index is 4.37. The van der Waals surface area contributed by atoms with Crippen LogP contribution in [0, 0.1) is 0 Å². The molecule has 0 bridgehead atoms. The fraction of sp³-hybridized carbons (Fsp3) is 0.783. The van der Waals surface area contributed by atoms with Crippen molar-refractivity contribution in [2.45, 2.75) is 335 Å². The largest absolute Gasteiger partial charge is 0.462 e. The van der Waals surface area contributed by atoms with E-state index in [-0.39, 0.29) is 31.1 Å². The molecule has 434 valence electrons. The molecule has 0 amide bonds. The molecule has 0 radical (unpaired) electrons. The van der Waals surface area contributed by atoms with Gasteiger partial charge in [0.2, 0.25) is 0 Å². The van der Waals surface area contributed by atoms with Crippen LogP contribution >= 0.6 is 0 Å². The molecule has 0 N–H and O–H groups in total. The van der Waals surface area contributed by atoms with Gasteiger partial charge in [0.1, 0.15) is 13.2 Å². The zero-order chi connectivity index (χ0) is 54.3. The molecule has 6 nitrogen and oxygen atoms in total. The van der Waals surface area contributed by atoms with Gasteiger partial charge in [-0.05, 0) is 109 Å². The molecule has 0 aromatic carbocycles. The number of hydrogen-bond donors (Lipinski definition) is 0. The highest BCUT2D eigenvalue weighted by Crippen LogP contribution is 2.16. The van der Waals surface area contributed by atoms with Crippen molar-refractivity contribution in [1.82, 2.24) is 0 Å². The van der Waals surface area contributed by atoms with Crippen LogP contribution in [0.4, 0.5) is 0 Å². The SMILES string of the molecule is CC/C=C\C/C=C\C/C=C\CCCCCCCCCC(=O)OCC(COC(=O)CCCCCCCCCCC/C=C\CCCCCCCCCC)OC(=O)CCCCCCCCCCC/C=C\C/C=C\CCCCC. The van der Waals surface area contributed by atoms with Crippen molar-refractivity contribution in [2.24, 2.45) is 0 Å². The zero-order valence-corrected chi connectivity index (χ0v) is 49.8. The maximum absolute atomic E-state index is 12.9. The Labute approximate surface area is 465 Å². The molecule has 0 spiro atoms. The van der Waals surface area contributed by atoms with Crippen LogP contribution in [0.3, 0.4) is 0 Å². The van der Waals surface area contributed by atoms with Gasteiger partial charge < -0.3 is 14.2 Å². The molecule has 0 fully saturated rings. The van der Waals surface area contributed by atoms with Crippen LogP contribution in [0.25, 0.3) is 0 Å². The lowest BCUT2D eigenvalue weighted by Crippen LogP contribution is -2.30. The molecule has 0 aromatic heterocycles. The maximum atomic E-state index is 12.9. The second kappa shape index (κ2) is 63.4. The number of unbranched alkanes of at least 4 members (excludes halogenated alkanes) is 36. The van der Waals surface area contributed by atoms with Crippen molar-refractivity contribution in [3.8, 4) is 0 Å². The van der Waals surface area contributed by atoms with E-state index in [1.165, 1.54) is 199 Å². The summed E-state index contributed by atoms with van der Waals surface area (Å²) in [6, 6.07) is 0. The van der Waals surface area contributed by atoms with Crippen LogP contribution in [0.2, 0.25) is 0 Å². The quantitative estimate of drug-likeness (QED) is 0.0261. The first-order valence-electron chi connectivity index (χ1n) is 32.4. The van der Waals surface area contributed by atoms with Gasteiger partial charge in [-0.2, -0.15) is 0 Å². The van der Waals surface area contributed by atoms with Crippen molar-refractivity contribution in [3.05, 3.63) is 72.9 Å². The van der Waals surface area contributed by atoms with E-state index in [1.54, 1.807) is 0 Å². The third kappa shape index (κ3) is 61.6. The van der Waals surface area contributed by atoms with E-state index in [1.807, 2.05) is 0 Å². The first kappa shape index (κ1) is 71.8. The molecular weight excluding hydrogens is 925 g/mol. The lowest BCUT2D eigenvalue weighted by molar-refractivity contribution is -0.167. The van der Waals surface area contributed by atoms with Gasteiger partial charge in [-0.1, -0.05) is 273 Å². The normalized spacial score (nSPS) is 12.5. The topological polar surface area (TPSA) is 78.9 Å². The minimum atomic E-state index is -0.784. The van der Waals surface area contributed by atoms with E-state index in [0.717, 1.165) is 89.9 Å². The average molecular weight is 1050 g/mol. The predicted molar refractivity (Wildman–Crippen MR) is 325 cm³/mol. The van der Waals surface area contributed by atoms with Crippen LogP contribution in [0.5, 0.6) is 0 Å². The van der Waals surface area contributed by atoms with Gasteiger partial charge in [0.05, 0.1) is 0 Å². The molecule has 0 aliphatic rings. The Morgan fingerprint density at radius 3 is 0.853 bits per heavy atom. The van der Waals surface area contributed by atoms with Crippen molar-refractivity contribution in [3.63, 3.8) is 0 Å². The minimum Gasteiger partial charge on any atom is -0.462 e. The van der Waals surface area contributed by atoms with Crippen molar-refractivity contribution in [2.75, 3.05) is 13.2 Å². The molecule has 75 heavy (non-hydrogen) atoms. The van der Waals surface area contributed by atoms with Gasteiger partial charge in [0.15, 0.2) is 6.10 Å². The van der Waals surface area contributed by atoms with Crippen LogP contribution in [-0.4, -0.2) is 37.2 Å². The standard InChI is InChI=1S/C69H122O6/c1-4-7-10-13-16-19-22-25-28-31-33-34-36-38-41-44-47-50-53-56-59-62-68(71)74-65-66(64-73-67(70)61-58-55-52-49-46-43-40-37-30-27-24-21-18-15-12-9-6-3)75-69(72)63-60-57-54-51-48-45-42-39-35-32-29-26-23-20-17-14-11-8-5-2/h9,12,17-18,20-21,26-27,29-31,33,66H,4-8,10-11,13-16,19,22-25,28,32,34-65H2,1-3H3/b12-9-,20-17-,21-18-,29-26-,30-27-,33-31-. The first-order chi connectivity index (χ1) is 37.0. The summed E-state index contributed by atoms with van der Waals surface area (Å²) in [6.45, 7) is 6.53. The summed E-state index contributed by atoms with van der Waals surface area (Å²) in [4.78, 5) is 38.4. The van der Waals surface area contributed by atoms with Crippen LogP contribution in [0.15, 0.2) is 72.9 Å². The van der Waals surface area contributed by atoms with Gasteiger partial charge in [-0.25, -0.2) is 0 Å². The number of carbonyl (C=O) groups excluding carboxylic acids is 3. The van der Waals surface area contributed by atoms with Crippen LogP contribution < -0.4 is 0 Å². The van der Waals surface area contributed by atoms with E-state index < -0.39 is 6.10 Å². The fourth-order valence-electron chi connectivity index (χ4n) is 9.31. The number of allylic oxidation sites excluding steroid dienone is 12. The van der Waals surface area contributed by atoms with Gasteiger partial charge in [-0.3, -0.25) is 14.4 Å². The fourth-order valence-corrected chi connectivity index (χ4v) is 9.31. The van der Waals surface area contributed by atoms with Crippen molar-refractivity contribution in [1.29, 1.82) is 0 Å². The average Bonchev–Trinajstić information content (AvgIpc) is 3.41. The van der Waals surface area contributed by atoms with Crippen molar-refractivity contribution >= 4 is 17.9 Å². The van der Waals surface area contributed by atoms with E-state index in [2.05, 4.69) is 93.7 Å². The molecule has 1 unspecified atom stereocenters. The number of rotatable bonds is 59. The lowest BCUT2D eigenvalue weighted by Gasteiger charge is -2.18. The van der Waals surface area contributed by atoms with E-state index in [4.69, 9.17) is 14.2 Å². The molecule has 1 atom stereocenters. The molecule has 0 rings (SSSR count). The first-order valence-corrected chi connectivity index (χ1v) is 32.4. The van der Waals surface area contributed by atoms with Gasteiger partial charge in [-0.15, -0.1) is 0 Å². The Hall–Kier alpha value is -3.15. The summed E-state index contributed by atoms with van der Waals surface area (Å²) in [6.07, 6.45) is 81.9.